The van der Waals surface area contributed by atoms with Crippen LogP contribution in [0.2, 0.25) is 0 Å². The molecule has 36 heavy (non-hydrogen) atoms. The number of para-hydroxylation sites is 1. The Morgan fingerprint density at radius 2 is 1.86 bits per heavy atom. The number of allylic oxidation sites excluding steroid dienone is 1. The van der Waals surface area contributed by atoms with Crippen LogP contribution in [-0.4, -0.2) is 52.4 Å². The van der Waals surface area contributed by atoms with E-state index in [9.17, 15) is 14.4 Å². The summed E-state index contributed by atoms with van der Waals surface area (Å²) in [5.74, 6) is -1.33. The standard InChI is InChI=1S/C26H20FN5O4/c27-19-9-5-11-21(24(19)18-8-4-10-20-25(18)30-31-29-20)32-15-17(36-26(32)35)14-28-23(34)13-12-22(33)16-6-2-1-3-7-16/h1-13,17H,14-15H2,(H,28,34)(H,29,30,31)/b13-12+/t17-/m0/s1. The van der Waals surface area contributed by atoms with Crippen molar-refractivity contribution in [3.8, 4) is 11.1 Å². The number of anilines is 1. The second-order valence-electron chi connectivity index (χ2n) is 8.06. The Balaban J connectivity index is 1.29. The van der Waals surface area contributed by atoms with E-state index >= 15 is 4.39 Å². The minimum absolute atomic E-state index is 0.0223. The fourth-order valence-electron chi connectivity index (χ4n) is 4.02. The summed E-state index contributed by atoms with van der Waals surface area (Å²) in [6.07, 6.45) is 0.982. The molecule has 1 aliphatic heterocycles. The molecule has 0 aliphatic carbocycles. The first kappa shape index (κ1) is 22.9. The predicted octanol–water partition coefficient (Wildman–Crippen LogP) is 3.64. The quantitative estimate of drug-likeness (QED) is 0.305. The molecule has 2 amide bonds. The molecule has 10 heteroatoms. The molecule has 0 bridgehead atoms. The second kappa shape index (κ2) is 9.79. The van der Waals surface area contributed by atoms with E-state index in [1.165, 1.54) is 23.1 Å². The number of aromatic nitrogens is 3. The zero-order valence-corrected chi connectivity index (χ0v) is 18.8. The number of H-pyrrole nitrogens is 1. The number of benzene rings is 3. The maximum atomic E-state index is 15.0. The Hall–Kier alpha value is -4.86. The molecule has 0 radical (unpaired) electrons. The van der Waals surface area contributed by atoms with E-state index in [0.29, 0.717) is 27.8 Å². The monoisotopic (exact) mass is 485 g/mol. The molecule has 1 aromatic heterocycles. The Morgan fingerprint density at radius 1 is 1.06 bits per heavy atom. The van der Waals surface area contributed by atoms with Gasteiger partial charge in [0.05, 0.1) is 18.8 Å². The van der Waals surface area contributed by atoms with Gasteiger partial charge in [0.15, 0.2) is 5.78 Å². The zero-order chi connectivity index (χ0) is 25.1. The number of ether oxygens (including phenoxy) is 1. The fraction of sp³-hybridized carbons (Fsp3) is 0.115. The van der Waals surface area contributed by atoms with Gasteiger partial charge in [0.25, 0.3) is 0 Å². The number of ketones is 1. The van der Waals surface area contributed by atoms with Gasteiger partial charge in [-0.2, -0.15) is 15.4 Å². The third-order valence-corrected chi connectivity index (χ3v) is 5.72. The zero-order valence-electron chi connectivity index (χ0n) is 18.8. The molecule has 1 fully saturated rings. The van der Waals surface area contributed by atoms with E-state index in [-0.39, 0.29) is 24.4 Å². The highest BCUT2D eigenvalue weighted by Crippen LogP contribution is 2.38. The van der Waals surface area contributed by atoms with E-state index in [1.54, 1.807) is 54.6 Å². The number of halogens is 1. The van der Waals surface area contributed by atoms with Gasteiger partial charge >= 0.3 is 6.09 Å². The molecule has 0 spiro atoms. The third-order valence-electron chi connectivity index (χ3n) is 5.72. The lowest BCUT2D eigenvalue weighted by Gasteiger charge is -2.18. The maximum absolute atomic E-state index is 15.0. The molecular formula is C26H20FN5O4. The molecule has 180 valence electrons. The van der Waals surface area contributed by atoms with Crippen molar-refractivity contribution in [3.05, 3.63) is 90.3 Å². The Labute approximate surface area is 204 Å². The van der Waals surface area contributed by atoms with Gasteiger partial charge in [0.2, 0.25) is 5.91 Å². The molecule has 0 unspecified atom stereocenters. The highest BCUT2D eigenvalue weighted by atomic mass is 19.1. The van der Waals surface area contributed by atoms with Crippen LogP contribution in [0.4, 0.5) is 14.9 Å². The summed E-state index contributed by atoms with van der Waals surface area (Å²) in [6, 6.07) is 18.2. The number of nitrogens with zero attached hydrogens (tertiary/aromatic N) is 3. The first-order chi connectivity index (χ1) is 17.5. The molecule has 1 saturated heterocycles. The summed E-state index contributed by atoms with van der Waals surface area (Å²) in [7, 11) is 0. The van der Waals surface area contributed by atoms with Crippen molar-refractivity contribution in [2.24, 2.45) is 0 Å². The van der Waals surface area contributed by atoms with Crippen LogP contribution in [-0.2, 0) is 9.53 Å². The highest BCUT2D eigenvalue weighted by Gasteiger charge is 2.34. The maximum Gasteiger partial charge on any atom is 0.414 e. The van der Waals surface area contributed by atoms with Crippen molar-refractivity contribution < 1.29 is 23.5 Å². The van der Waals surface area contributed by atoms with Crippen molar-refractivity contribution >= 4 is 34.5 Å². The van der Waals surface area contributed by atoms with Crippen molar-refractivity contribution in [1.82, 2.24) is 20.7 Å². The van der Waals surface area contributed by atoms with Crippen LogP contribution >= 0.6 is 0 Å². The van der Waals surface area contributed by atoms with Gasteiger partial charge in [-0.3, -0.25) is 14.5 Å². The number of rotatable bonds is 7. The van der Waals surface area contributed by atoms with Gasteiger partial charge in [0, 0.05) is 22.8 Å². The topological polar surface area (TPSA) is 117 Å². The van der Waals surface area contributed by atoms with Crippen LogP contribution in [0, 0.1) is 5.82 Å². The number of carbonyl (C=O) groups excluding carboxylic acids is 3. The summed E-state index contributed by atoms with van der Waals surface area (Å²) < 4.78 is 20.4. The molecule has 3 aromatic carbocycles. The first-order valence-electron chi connectivity index (χ1n) is 11.1. The van der Waals surface area contributed by atoms with Gasteiger partial charge in [-0.25, -0.2) is 9.18 Å². The lowest BCUT2D eigenvalue weighted by molar-refractivity contribution is -0.116. The van der Waals surface area contributed by atoms with E-state index in [1.807, 2.05) is 0 Å². The molecule has 0 saturated carbocycles. The van der Waals surface area contributed by atoms with E-state index in [0.717, 1.165) is 6.08 Å². The van der Waals surface area contributed by atoms with Gasteiger partial charge in [-0.1, -0.05) is 48.5 Å². The Morgan fingerprint density at radius 3 is 2.69 bits per heavy atom. The van der Waals surface area contributed by atoms with E-state index < -0.39 is 23.9 Å². The minimum Gasteiger partial charge on any atom is -0.442 e. The molecule has 5 rings (SSSR count). The van der Waals surface area contributed by atoms with Crippen molar-refractivity contribution in [2.45, 2.75) is 6.10 Å². The first-order valence-corrected chi connectivity index (χ1v) is 11.1. The molecular weight excluding hydrogens is 465 g/mol. The Kier molecular flexibility index (Phi) is 6.23. The average molecular weight is 485 g/mol. The summed E-state index contributed by atoms with van der Waals surface area (Å²) in [6.45, 7) is 0.117. The van der Waals surface area contributed by atoms with Gasteiger partial charge in [0.1, 0.15) is 23.0 Å². The average Bonchev–Trinajstić information content (AvgIpc) is 3.53. The number of aromatic amines is 1. The normalized spacial score (nSPS) is 15.4. The van der Waals surface area contributed by atoms with Crippen molar-refractivity contribution in [1.29, 1.82) is 0 Å². The predicted molar refractivity (Wildman–Crippen MR) is 130 cm³/mol. The number of nitrogens with one attached hydrogen (secondary N) is 2. The summed E-state index contributed by atoms with van der Waals surface area (Å²) in [4.78, 5) is 38.3. The number of amides is 2. The fourth-order valence-corrected chi connectivity index (χ4v) is 4.02. The summed E-state index contributed by atoms with van der Waals surface area (Å²) in [5.41, 5.74) is 2.49. The van der Waals surface area contributed by atoms with Crippen LogP contribution < -0.4 is 10.2 Å². The number of hydrogen-bond donors (Lipinski definition) is 2. The SMILES string of the molecule is O=C(/C=C/C(=O)c1ccccc1)NC[C@H]1CN(c2cccc(F)c2-c2cccc3n[nH]nc23)C(=O)O1. The van der Waals surface area contributed by atoms with Crippen LogP contribution in [0.1, 0.15) is 10.4 Å². The summed E-state index contributed by atoms with van der Waals surface area (Å²) >= 11 is 0. The van der Waals surface area contributed by atoms with Crippen LogP contribution in [0.15, 0.2) is 78.9 Å². The largest absolute Gasteiger partial charge is 0.442 e. The van der Waals surface area contributed by atoms with Gasteiger partial charge < -0.3 is 10.1 Å². The number of cyclic esters (lactones) is 1. The number of carbonyl (C=O) groups is 3. The molecule has 1 aliphatic rings. The Bertz CT molecular complexity index is 1480. The van der Waals surface area contributed by atoms with Gasteiger partial charge in [-0.15, -0.1) is 0 Å². The van der Waals surface area contributed by atoms with Crippen molar-refractivity contribution in [2.75, 3.05) is 18.0 Å². The summed E-state index contributed by atoms with van der Waals surface area (Å²) in [5, 5.41) is 13.3. The lowest BCUT2D eigenvalue weighted by atomic mass is 10.0. The van der Waals surface area contributed by atoms with Crippen LogP contribution in [0.5, 0.6) is 0 Å². The molecule has 2 N–H and O–H groups in total. The second-order valence-corrected chi connectivity index (χ2v) is 8.06. The highest BCUT2D eigenvalue weighted by molar-refractivity contribution is 6.07. The number of fused-ring (bicyclic) bond motifs is 1. The molecule has 4 aromatic rings. The van der Waals surface area contributed by atoms with Crippen LogP contribution in [0.3, 0.4) is 0 Å². The number of hydrogen-bond acceptors (Lipinski definition) is 6. The molecule has 2 heterocycles. The van der Waals surface area contributed by atoms with Gasteiger partial charge in [-0.05, 0) is 24.3 Å². The van der Waals surface area contributed by atoms with Crippen LogP contribution in [0.25, 0.3) is 22.2 Å². The van der Waals surface area contributed by atoms with E-state index in [4.69, 9.17) is 4.74 Å². The third kappa shape index (κ3) is 4.56. The molecule has 9 nitrogen and oxygen atoms in total. The minimum atomic E-state index is -0.668. The lowest BCUT2D eigenvalue weighted by Crippen LogP contribution is -2.34. The smallest absolute Gasteiger partial charge is 0.414 e. The van der Waals surface area contributed by atoms with Crippen molar-refractivity contribution in [3.63, 3.8) is 0 Å². The molecule has 1 atom stereocenters. The van der Waals surface area contributed by atoms with E-state index in [2.05, 4.69) is 20.7 Å².